The molecule has 6 aromatic carbocycles. The monoisotopic (exact) mass is 557 g/mol. The summed E-state index contributed by atoms with van der Waals surface area (Å²) in [5.74, 6) is 0.235. The Morgan fingerprint density at radius 2 is 1.26 bits per heavy atom. The summed E-state index contributed by atoms with van der Waals surface area (Å²) >= 11 is 0. The number of fused-ring (bicyclic) bond motifs is 6. The average Bonchev–Trinajstić information content (AvgIpc) is 3.07. The maximum atomic E-state index is 15.0. The molecule has 2 unspecified atom stereocenters. The molecule has 1 heterocycles. The van der Waals surface area contributed by atoms with Gasteiger partial charge in [0.1, 0.15) is 0 Å². The topological polar surface area (TPSA) is 29.4 Å². The van der Waals surface area contributed by atoms with Crippen LogP contribution in [0.15, 0.2) is 138 Å². The minimum atomic E-state index is -3.05. The van der Waals surface area contributed by atoms with Gasteiger partial charge in [-0.2, -0.15) is 0 Å². The third-order valence-electron chi connectivity index (χ3n) is 8.91. The lowest BCUT2D eigenvalue weighted by atomic mass is 9.73. The van der Waals surface area contributed by atoms with E-state index in [1.165, 1.54) is 16.7 Å². The van der Waals surface area contributed by atoms with E-state index in [2.05, 4.69) is 78.9 Å². The molecule has 2 aliphatic rings. The minimum Gasteiger partial charge on any atom is -0.309 e. The van der Waals surface area contributed by atoms with Crippen molar-refractivity contribution >= 4 is 39.4 Å². The number of aryl methyl sites for hydroxylation is 1. The fourth-order valence-electron chi connectivity index (χ4n) is 6.91. The van der Waals surface area contributed by atoms with Crippen LogP contribution in [0, 0.1) is 18.1 Å². The first-order valence-electron chi connectivity index (χ1n) is 14.6. The summed E-state index contributed by atoms with van der Waals surface area (Å²) in [5, 5.41) is 6.71. The molecule has 200 valence electrons. The molecular weight excluding hydrogens is 529 g/mol. The van der Waals surface area contributed by atoms with Gasteiger partial charge in [-0.3, -0.25) is 4.99 Å². The highest BCUT2D eigenvalue weighted by Crippen LogP contribution is 2.45. The summed E-state index contributed by atoms with van der Waals surface area (Å²) in [5.41, 5.74) is 5.12. The van der Waals surface area contributed by atoms with Crippen molar-refractivity contribution in [3.63, 3.8) is 0 Å². The first-order chi connectivity index (χ1) is 20.7. The van der Waals surface area contributed by atoms with E-state index in [1.54, 1.807) is 0 Å². The lowest BCUT2D eigenvalue weighted by Gasteiger charge is -2.35. The van der Waals surface area contributed by atoms with Crippen molar-refractivity contribution in [1.82, 2.24) is 0 Å². The van der Waals surface area contributed by atoms with Crippen LogP contribution in [0.3, 0.4) is 0 Å². The molecule has 1 aliphatic carbocycles. The average molecular weight is 558 g/mol. The molecule has 0 aromatic heterocycles. The SMILES string of the molecule is O=P(c1ccccc1)(c1ccccc1)c1ccc(C2=c3c#cc4ccccc4c3=NC3c4ccccc4CCC23)cc1. The molecule has 0 bridgehead atoms. The highest BCUT2D eigenvalue weighted by Gasteiger charge is 2.36. The quantitative estimate of drug-likeness (QED) is 0.237. The second-order valence-corrected chi connectivity index (χ2v) is 13.9. The van der Waals surface area contributed by atoms with Crippen LogP contribution in [0.2, 0.25) is 0 Å². The zero-order valence-electron chi connectivity index (χ0n) is 23.1. The zero-order valence-corrected chi connectivity index (χ0v) is 24.0. The molecule has 8 rings (SSSR count). The summed E-state index contributed by atoms with van der Waals surface area (Å²) in [6.45, 7) is 0. The van der Waals surface area contributed by atoms with Crippen molar-refractivity contribution in [1.29, 1.82) is 0 Å². The van der Waals surface area contributed by atoms with Gasteiger partial charge >= 0.3 is 0 Å². The summed E-state index contributed by atoms with van der Waals surface area (Å²) < 4.78 is 15.0. The molecule has 6 aromatic rings. The van der Waals surface area contributed by atoms with Crippen molar-refractivity contribution < 1.29 is 4.57 Å². The van der Waals surface area contributed by atoms with E-state index in [4.69, 9.17) is 4.99 Å². The van der Waals surface area contributed by atoms with Gasteiger partial charge in [0.2, 0.25) is 0 Å². The van der Waals surface area contributed by atoms with Crippen LogP contribution in [-0.4, -0.2) is 0 Å². The normalized spacial score (nSPS) is 17.4. The third kappa shape index (κ3) is 3.89. The van der Waals surface area contributed by atoms with E-state index in [9.17, 15) is 4.57 Å². The number of nitrogens with zero attached hydrogens (tertiary/aromatic N) is 1. The summed E-state index contributed by atoms with van der Waals surface area (Å²) in [6.07, 6.45) is 2.05. The maximum absolute atomic E-state index is 15.0. The summed E-state index contributed by atoms with van der Waals surface area (Å²) in [7, 11) is -3.05. The molecule has 0 N–H and O–H groups in total. The van der Waals surface area contributed by atoms with Gasteiger partial charge in [0.05, 0.1) is 16.6 Å². The Labute approximate surface area is 246 Å². The Kier molecular flexibility index (Phi) is 5.96. The first kappa shape index (κ1) is 25.0. The van der Waals surface area contributed by atoms with E-state index in [0.29, 0.717) is 0 Å². The van der Waals surface area contributed by atoms with Gasteiger partial charge in [-0.25, -0.2) is 0 Å². The molecule has 0 saturated heterocycles. The van der Waals surface area contributed by atoms with Crippen LogP contribution in [0.5, 0.6) is 0 Å². The van der Waals surface area contributed by atoms with E-state index in [1.807, 2.05) is 66.7 Å². The molecular formula is C39H28NOP. The van der Waals surface area contributed by atoms with Crippen LogP contribution in [-0.2, 0) is 11.0 Å². The van der Waals surface area contributed by atoms with E-state index < -0.39 is 7.14 Å². The minimum absolute atomic E-state index is 0.0519. The number of rotatable bonds is 4. The van der Waals surface area contributed by atoms with Gasteiger partial charge in [-0.15, -0.1) is 0 Å². The van der Waals surface area contributed by atoms with Gasteiger partial charge in [-0.05, 0) is 41.2 Å². The van der Waals surface area contributed by atoms with Crippen LogP contribution in [0.1, 0.15) is 29.2 Å². The Morgan fingerprint density at radius 1 is 0.643 bits per heavy atom. The standard InChI is InChI=1S/C39H28NOP/c41-42(30-13-3-1-4-14-30,31-15-5-2-6-16-31)32-23-19-29(20-24-32)37-35-25-21-27-11-7-9-17-33(27)38(35)40-39-34-18-10-8-12-28(34)22-26-36(37)39/h1-20,23-24,35,38H,21,25H2. The molecule has 1 aliphatic heterocycles. The molecule has 0 spiro atoms. The van der Waals surface area contributed by atoms with E-state index in [-0.39, 0.29) is 12.0 Å². The predicted molar refractivity (Wildman–Crippen MR) is 172 cm³/mol. The molecule has 2 nitrogen and oxygen atoms in total. The molecule has 0 radical (unpaired) electrons. The van der Waals surface area contributed by atoms with E-state index >= 15 is 0 Å². The largest absolute Gasteiger partial charge is 0.309 e. The molecule has 0 saturated carbocycles. The molecule has 42 heavy (non-hydrogen) atoms. The number of hydrogen-bond acceptors (Lipinski definition) is 2. The lowest BCUT2D eigenvalue weighted by Crippen LogP contribution is -2.38. The number of benzene rings is 5. The fraction of sp³-hybridized carbons (Fsp3) is 0.103. The fourth-order valence-corrected chi connectivity index (χ4v) is 9.55. The predicted octanol–water partition coefficient (Wildman–Crippen LogP) is 6.22. The second-order valence-electron chi connectivity index (χ2n) is 11.2. The van der Waals surface area contributed by atoms with Gasteiger partial charge in [0, 0.05) is 32.6 Å². The first-order valence-corrected chi connectivity index (χ1v) is 16.3. The third-order valence-corrected chi connectivity index (χ3v) is 12.0. The number of hydrogen-bond donors (Lipinski definition) is 0. The van der Waals surface area contributed by atoms with Crippen LogP contribution in [0.25, 0.3) is 16.3 Å². The Morgan fingerprint density at radius 3 is 2.00 bits per heavy atom. The van der Waals surface area contributed by atoms with Crippen LogP contribution >= 0.6 is 7.14 Å². The van der Waals surface area contributed by atoms with Crippen molar-refractivity contribution in [2.24, 2.45) is 10.9 Å². The maximum Gasteiger partial charge on any atom is 0.171 e. The van der Waals surface area contributed by atoms with Gasteiger partial charge in [0.25, 0.3) is 0 Å². The van der Waals surface area contributed by atoms with Gasteiger partial charge in [0.15, 0.2) is 7.14 Å². The van der Waals surface area contributed by atoms with Crippen LogP contribution in [0.4, 0.5) is 0 Å². The smallest absolute Gasteiger partial charge is 0.171 e. The van der Waals surface area contributed by atoms with Crippen molar-refractivity contribution in [2.75, 3.05) is 0 Å². The highest BCUT2D eigenvalue weighted by molar-refractivity contribution is 7.85. The second kappa shape index (κ2) is 9.99. The molecule has 2 atom stereocenters. The lowest BCUT2D eigenvalue weighted by molar-refractivity contribution is 0.454. The molecule has 0 fully saturated rings. The van der Waals surface area contributed by atoms with Crippen LogP contribution < -0.4 is 26.5 Å². The molecule has 0 amide bonds. The zero-order chi connectivity index (χ0) is 28.1. The molecule has 3 heteroatoms. The highest BCUT2D eigenvalue weighted by atomic mass is 31.2. The van der Waals surface area contributed by atoms with Crippen molar-refractivity contribution in [3.8, 4) is 0 Å². The summed E-state index contributed by atoms with van der Waals surface area (Å²) in [4.78, 5) is 5.43. The Hall–Kier alpha value is -4.70. The Balaban J connectivity index is 1.34. The van der Waals surface area contributed by atoms with Crippen molar-refractivity contribution in [2.45, 2.75) is 18.9 Å². The van der Waals surface area contributed by atoms with Gasteiger partial charge < -0.3 is 4.57 Å². The van der Waals surface area contributed by atoms with E-state index in [0.717, 1.165) is 55.7 Å². The van der Waals surface area contributed by atoms with Crippen molar-refractivity contribution in [3.05, 3.63) is 173 Å². The van der Waals surface area contributed by atoms with Gasteiger partial charge in [-0.1, -0.05) is 140 Å². The Bertz CT molecular complexity index is 2070. The summed E-state index contributed by atoms with van der Waals surface area (Å²) in [6, 6.07) is 52.3.